The molecule has 0 bridgehead atoms. The van der Waals surface area contributed by atoms with Gasteiger partial charge >= 0.3 is 0 Å². The molecular weight excluding hydrogens is 420 g/mol. The van der Waals surface area contributed by atoms with Gasteiger partial charge in [0.05, 0.1) is 24.1 Å². The maximum atomic E-state index is 12.4. The van der Waals surface area contributed by atoms with Crippen molar-refractivity contribution < 1.29 is 28.9 Å². The number of nitro groups is 1. The van der Waals surface area contributed by atoms with Crippen molar-refractivity contribution in [3.05, 3.63) is 52.3 Å². The summed E-state index contributed by atoms with van der Waals surface area (Å²) in [5.41, 5.74) is 0.349. The second kappa shape index (κ2) is 12.2. The number of non-ortho nitro benzene ring substituents is 1. The van der Waals surface area contributed by atoms with E-state index in [-0.39, 0.29) is 36.8 Å². The fourth-order valence-corrected chi connectivity index (χ4v) is 3.05. The number of carbonyl (C=O) groups is 3. The number of nitrogens with one attached hydrogen (secondary N) is 2. The Hall–Kier alpha value is -3.73. The molecule has 0 spiro atoms. The Balaban J connectivity index is 1.91. The molecule has 0 aliphatic rings. The molecule has 1 aromatic heterocycles. The highest BCUT2D eigenvalue weighted by Crippen LogP contribution is 2.25. The SMILES string of the molecule is CCCCCC(CN(O)C=O)C(=O)NCNC(=O)c1ccc(-c2cccc([N+](=O)[O-])c2)o1. The Morgan fingerprint density at radius 3 is 2.72 bits per heavy atom. The van der Waals surface area contributed by atoms with Gasteiger partial charge in [0.2, 0.25) is 12.3 Å². The number of nitrogens with zero attached hydrogens (tertiary/aromatic N) is 2. The van der Waals surface area contributed by atoms with Gasteiger partial charge in [-0.15, -0.1) is 0 Å². The first-order chi connectivity index (χ1) is 15.3. The van der Waals surface area contributed by atoms with Crippen LogP contribution in [0.25, 0.3) is 11.3 Å². The molecule has 3 amide bonds. The molecule has 2 rings (SSSR count). The van der Waals surface area contributed by atoms with E-state index in [1.54, 1.807) is 6.07 Å². The highest BCUT2D eigenvalue weighted by atomic mass is 16.6. The van der Waals surface area contributed by atoms with E-state index in [1.807, 2.05) is 6.92 Å². The van der Waals surface area contributed by atoms with Crippen molar-refractivity contribution in [2.75, 3.05) is 13.2 Å². The molecule has 0 aliphatic carbocycles. The minimum absolute atomic E-state index is 0.0252. The van der Waals surface area contributed by atoms with Crippen molar-refractivity contribution in [2.45, 2.75) is 32.6 Å². The predicted molar refractivity (Wildman–Crippen MR) is 113 cm³/mol. The Labute approximate surface area is 184 Å². The van der Waals surface area contributed by atoms with Gasteiger partial charge in [-0.1, -0.05) is 38.3 Å². The number of furan rings is 1. The topological polar surface area (TPSA) is 155 Å². The third kappa shape index (κ3) is 7.20. The Kier molecular flexibility index (Phi) is 9.36. The molecule has 11 heteroatoms. The molecule has 1 aromatic carbocycles. The molecule has 0 saturated heterocycles. The Morgan fingerprint density at radius 1 is 1.25 bits per heavy atom. The molecule has 1 unspecified atom stereocenters. The average molecular weight is 446 g/mol. The number of hydrogen-bond acceptors (Lipinski definition) is 7. The van der Waals surface area contributed by atoms with Gasteiger partial charge in [-0.2, -0.15) is 0 Å². The van der Waals surface area contributed by atoms with Gasteiger partial charge in [0, 0.05) is 17.7 Å². The van der Waals surface area contributed by atoms with Gasteiger partial charge < -0.3 is 15.1 Å². The zero-order valence-corrected chi connectivity index (χ0v) is 17.7. The lowest BCUT2D eigenvalue weighted by Gasteiger charge is -2.19. The number of amides is 3. The fraction of sp³-hybridized carbons (Fsp3) is 0.381. The van der Waals surface area contributed by atoms with Crippen LogP contribution in [-0.4, -0.2) is 46.6 Å². The van der Waals surface area contributed by atoms with Crippen molar-refractivity contribution in [2.24, 2.45) is 5.92 Å². The molecule has 0 aliphatic heterocycles. The summed E-state index contributed by atoms with van der Waals surface area (Å²) in [7, 11) is 0. The number of benzene rings is 1. The van der Waals surface area contributed by atoms with Gasteiger partial charge in [-0.05, 0) is 18.6 Å². The second-order valence-corrected chi connectivity index (χ2v) is 7.12. The van der Waals surface area contributed by atoms with Crippen LogP contribution in [0.3, 0.4) is 0 Å². The van der Waals surface area contributed by atoms with E-state index in [4.69, 9.17) is 4.42 Å². The van der Waals surface area contributed by atoms with Gasteiger partial charge in [-0.3, -0.25) is 29.7 Å². The van der Waals surface area contributed by atoms with E-state index in [9.17, 15) is 29.7 Å². The van der Waals surface area contributed by atoms with Gasteiger partial charge in [-0.25, -0.2) is 5.06 Å². The molecule has 3 N–H and O–H groups in total. The summed E-state index contributed by atoms with van der Waals surface area (Å²) in [4.78, 5) is 45.7. The normalized spacial score (nSPS) is 11.4. The Morgan fingerprint density at radius 2 is 2.03 bits per heavy atom. The lowest BCUT2D eigenvalue weighted by Crippen LogP contribution is -2.42. The van der Waals surface area contributed by atoms with Crippen molar-refractivity contribution in [1.29, 1.82) is 0 Å². The van der Waals surface area contributed by atoms with Gasteiger partial charge in [0.15, 0.2) is 5.76 Å². The number of carbonyl (C=O) groups excluding carboxylic acids is 3. The van der Waals surface area contributed by atoms with Crippen LogP contribution in [0.1, 0.15) is 43.2 Å². The van der Waals surface area contributed by atoms with Crippen molar-refractivity contribution in [3.8, 4) is 11.3 Å². The van der Waals surface area contributed by atoms with Crippen molar-refractivity contribution in [3.63, 3.8) is 0 Å². The average Bonchev–Trinajstić information content (AvgIpc) is 3.28. The molecule has 32 heavy (non-hydrogen) atoms. The van der Waals surface area contributed by atoms with E-state index in [0.29, 0.717) is 17.0 Å². The minimum atomic E-state index is -0.613. The smallest absolute Gasteiger partial charge is 0.288 e. The van der Waals surface area contributed by atoms with Crippen molar-refractivity contribution >= 4 is 23.9 Å². The lowest BCUT2D eigenvalue weighted by molar-refractivity contribution is -0.384. The summed E-state index contributed by atoms with van der Waals surface area (Å²) in [5, 5.41) is 25.8. The molecular formula is C21H26N4O7. The summed E-state index contributed by atoms with van der Waals surface area (Å²) in [6, 6.07) is 8.77. The van der Waals surface area contributed by atoms with Gasteiger partial charge in [0.1, 0.15) is 5.76 Å². The summed E-state index contributed by atoms with van der Waals surface area (Å²) in [6.07, 6.45) is 3.36. The van der Waals surface area contributed by atoms with E-state index in [1.165, 1.54) is 30.3 Å². The third-order valence-corrected chi connectivity index (χ3v) is 4.74. The third-order valence-electron chi connectivity index (χ3n) is 4.74. The first-order valence-electron chi connectivity index (χ1n) is 10.2. The van der Waals surface area contributed by atoms with E-state index in [2.05, 4.69) is 10.6 Å². The minimum Gasteiger partial charge on any atom is -0.451 e. The highest BCUT2D eigenvalue weighted by Gasteiger charge is 2.21. The number of hydroxylamine groups is 2. The zero-order chi connectivity index (χ0) is 23.5. The zero-order valence-electron chi connectivity index (χ0n) is 17.7. The van der Waals surface area contributed by atoms with Crippen LogP contribution >= 0.6 is 0 Å². The molecule has 0 fully saturated rings. The second-order valence-electron chi connectivity index (χ2n) is 7.12. The summed E-state index contributed by atoms with van der Waals surface area (Å²) < 4.78 is 5.48. The Bertz CT molecular complexity index is 944. The lowest BCUT2D eigenvalue weighted by atomic mass is 10.0. The molecule has 1 heterocycles. The van der Waals surface area contributed by atoms with E-state index >= 15 is 0 Å². The molecule has 1 atom stereocenters. The summed E-state index contributed by atoms with van der Waals surface area (Å²) >= 11 is 0. The standard InChI is InChI=1S/C21H26N4O7/c1-2-3-4-6-16(12-24(29)14-26)20(27)22-13-23-21(28)19-10-9-18(32-19)15-7-5-8-17(11-15)25(30)31/h5,7-11,14,16,29H,2-4,6,12-13H2,1H3,(H,22,27)(H,23,28). The van der Waals surface area contributed by atoms with Crippen LogP contribution in [0.4, 0.5) is 5.69 Å². The van der Waals surface area contributed by atoms with Crippen molar-refractivity contribution in [1.82, 2.24) is 15.7 Å². The van der Waals surface area contributed by atoms with E-state index in [0.717, 1.165) is 19.3 Å². The quantitative estimate of drug-likeness (QED) is 0.107. The molecule has 172 valence electrons. The monoisotopic (exact) mass is 446 g/mol. The summed E-state index contributed by atoms with van der Waals surface area (Å²) in [5.74, 6) is -1.34. The van der Waals surface area contributed by atoms with Gasteiger partial charge in [0.25, 0.3) is 11.6 Å². The van der Waals surface area contributed by atoms with Crippen LogP contribution in [0.15, 0.2) is 40.8 Å². The first kappa shape index (κ1) is 24.5. The maximum absolute atomic E-state index is 12.4. The number of rotatable bonds is 13. The number of hydrogen-bond donors (Lipinski definition) is 3. The number of nitro benzene ring substituents is 1. The van der Waals surface area contributed by atoms with E-state index < -0.39 is 22.7 Å². The van der Waals surface area contributed by atoms with Crippen LogP contribution < -0.4 is 10.6 Å². The predicted octanol–water partition coefficient (Wildman–Crippen LogP) is 2.70. The number of unbranched alkanes of at least 4 members (excludes halogenated alkanes) is 2. The highest BCUT2D eigenvalue weighted by molar-refractivity contribution is 5.92. The maximum Gasteiger partial charge on any atom is 0.288 e. The largest absolute Gasteiger partial charge is 0.451 e. The molecule has 0 saturated carbocycles. The fourth-order valence-electron chi connectivity index (χ4n) is 3.05. The van der Waals surface area contributed by atoms with Crippen LogP contribution in [0.2, 0.25) is 0 Å². The summed E-state index contributed by atoms with van der Waals surface area (Å²) in [6.45, 7) is 1.70. The first-order valence-corrected chi connectivity index (χ1v) is 10.2. The molecule has 11 nitrogen and oxygen atoms in total. The molecule has 0 radical (unpaired) electrons. The molecule has 2 aromatic rings. The van der Waals surface area contributed by atoms with Crippen LogP contribution in [0, 0.1) is 16.0 Å². The van der Waals surface area contributed by atoms with Crippen LogP contribution in [-0.2, 0) is 9.59 Å². The van der Waals surface area contributed by atoms with Crippen LogP contribution in [0.5, 0.6) is 0 Å².